The van der Waals surface area contributed by atoms with Crippen molar-refractivity contribution in [3.63, 3.8) is 0 Å². The summed E-state index contributed by atoms with van der Waals surface area (Å²) in [5.41, 5.74) is 5.80. The number of rotatable bonds is 9. The molecule has 0 aromatic heterocycles. The van der Waals surface area contributed by atoms with Crippen LogP contribution < -0.4 is 11.1 Å². The molecule has 1 amide bonds. The van der Waals surface area contributed by atoms with E-state index in [1.807, 2.05) is 6.07 Å². The van der Waals surface area contributed by atoms with Crippen LogP contribution in [0.2, 0.25) is 0 Å². The minimum atomic E-state index is -1.56. The minimum Gasteiger partial charge on any atom is -0.469 e. The molecule has 0 bridgehead atoms. The highest BCUT2D eigenvalue weighted by molar-refractivity contribution is 5.96. The summed E-state index contributed by atoms with van der Waals surface area (Å²) in [7, 11) is 1.30. The first-order chi connectivity index (χ1) is 16.4. The van der Waals surface area contributed by atoms with Crippen molar-refractivity contribution in [2.24, 2.45) is 11.1 Å². The summed E-state index contributed by atoms with van der Waals surface area (Å²) in [5, 5.41) is 2.72. The molecule has 0 aliphatic carbocycles. The standard InChI is InChI=1S/C26H32N2O7/c1-25(2,3)26(27,16-22(30)35-24(32)34-17-18-10-6-5-7-11-18)28-23(31)20-13-9-8-12-19(20)14-15-21(29)33-4/h5-13H,14-17,27H2,1-4H3,(H,28,31)/t26-/m0/s1. The first-order valence-corrected chi connectivity index (χ1v) is 11.1. The largest absolute Gasteiger partial charge is 0.516 e. The Balaban J connectivity index is 2.07. The maximum Gasteiger partial charge on any atom is 0.516 e. The summed E-state index contributed by atoms with van der Waals surface area (Å²) < 4.78 is 14.4. The molecule has 0 saturated heterocycles. The fraction of sp³-hybridized carbons (Fsp3) is 0.385. The average Bonchev–Trinajstić information content (AvgIpc) is 2.81. The summed E-state index contributed by atoms with van der Waals surface area (Å²) in [6.45, 7) is 5.19. The highest BCUT2D eigenvalue weighted by Gasteiger charge is 2.43. The van der Waals surface area contributed by atoms with Gasteiger partial charge in [0.25, 0.3) is 5.91 Å². The van der Waals surface area contributed by atoms with Crippen LogP contribution in [0, 0.1) is 5.41 Å². The van der Waals surface area contributed by atoms with Crippen molar-refractivity contribution in [3.05, 3.63) is 71.3 Å². The number of esters is 2. The lowest BCUT2D eigenvalue weighted by Gasteiger charge is -2.41. The number of nitrogens with two attached hydrogens (primary N) is 1. The molecule has 0 radical (unpaired) electrons. The van der Waals surface area contributed by atoms with Gasteiger partial charge >= 0.3 is 18.1 Å². The Kier molecular flexibility index (Phi) is 9.53. The number of hydrogen-bond acceptors (Lipinski definition) is 8. The minimum absolute atomic E-state index is 0.0565. The lowest BCUT2D eigenvalue weighted by Crippen LogP contribution is -2.65. The summed E-state index contributed by atoms with van der Waals surface area (Å²) in [6.07, 6.45) is -1.24. The van der Waals surface area contributed by atoms with Crippen LogP contribution in [0.4, 0.5) is 4.79 Å². The molecule has 2 aromatic rings. The van der Waals surface area contributed by atoms with Gasteiger partial charge in [-0.05, 0) is 29.0 Å². The molecule has 0 aliphatic heterocycles. The number of carbonyl (C=O) groups is 4. The molecule has 0 saturated carbocycles. The Hall–Kier alpha value is -3.72. The fourth-order valence-electron chi connectivity index (χ4n) is 3.17. The maximum absolute atomic E-state index is 13.2. The second-order valence-corrected chi connectivity index (χ2v) is 9.08. The van der Waals surface area contributed by atoms with E-state index in [-0.39, 0.29) is 13.0 Å². The van der Waals surface area contributed by atoms with E-state index in [1.165, 1.54) is 7.11 Å². The van der Waals surface area contributed by atoms with E-state index in [2.05, 4.69) is 10.1 Å². The van der Waals surface area contributed by atoms with Crippen LogP contribution in [0.15, 0.2) is 54.6 Å². The van der Waals surface area contributed by atoms with Gasteiger partial charge in [0.2, 0.25) is 0 Å². The lowest BCUT2D eigenvalue weighted by atomic mass is 9.78. The maximum atomic E-state index is 13.2. The van der Waals surface area contributed by atoms with Crippen molar-refractivity contribution in [3.8, 4) is 0 Å². The van der Waals surface area contributed by atoms with Crippen molar-refractivity contribution < 1.29 is 33.4 Å². The third-order valence-corrected chi connectivity index (χ3v) is 5.58. The molecule has 3 N–H and O–H groups in total. The Labute approximate surface area is 204 Å². The normalized spacial score (nSPS) is 12.7. The topological polar surface area (TPSA) is 134 Å². The van der Waals surface area contributed by atoms with Crippen molar-refractivity contribution in [1.82, 2.24) is 5.32 Å². The van der Waals surface area contributed by atoms with Crippen LogP contribution in [0.25, 0.3) is 0 Å². The molecular weight excluding hydrogens is 452 g/mol. The van der Waals surface area contributed by atoms with E-state index in [1.54, 1.807) is 69.3 Å². The Bertz CT molecular complexity index is 1050. The van der Waals surface area contributed by atoms with Crippen LogP contribution in [-0.4, -0.2) is 36.8 Å². The van der Waals surface area contributed by atoms with Gasteiger partial charge in [0.05, 0.1) is 13.5 Å². The Morgan fingerprint density at radius 1 is 0.914 bits per heavy atom. The predicted molar refractivity (Wildman–Crippen MR) is 128 cm³/mol. The predicted octanol–water partition coefficient (Wildman–Crippen LogP) is 3.49. The fourth-order valence-corrected chi connectivity index (χ4v) is 3.17. The van der Waals surface area contributed by atoms with E-state index < -0.39 is 41.5 Å². The first-order valence-electron chi connectivity index (χ1n) is 11.1. The van der Waals surface area contributed by atoms with E-state index in [0.29, 0.717) is 17.5 Å². The smallest absolute Gasteiger partial charge is 0.469 e. The van der Waals surface area contributed by atoms with E-state index >= 15 is 0 Å². The molecule has 2 rings (SSSR count). The van der Waals surface area contributed by atoms with Crippen LogP contribution in [0.5, 0.6) is 0 Å². The van der Waals surface area contributed by atoms with Gasteiger partial charge in [-0.25, -0.2) is 4.79 Å². The zero-order valence-corrected chi connectivity index (χ0v) is 20.5. The molecule has 2 aromatic carbocycles. The van der Waals surface area contributed by atoms with Gasteiger partial charge in [0.1, 0.15) is 12.3 Å². The van der Waals surface area contributed by atoms with Gasteiger partial charge in [-0.3, -0.25) is 14.4 Å². The lowest BCUT2D eigenvalue weighted by molar-refractivity contribution is -0.143. The van der Waals surface area contributed by atoms with Crippen molar-refractivity contribution in [2.45, 2.75) is 52.3 Å². The van der Waals surface area contributed by atoms with Gasteiger partial charge in [-0.1, -0.05) is 69.3 Å². The third-order valence-electron chi connectivity index (χ3n) is 5.58. The van der Waals surface area contributed by atoms with Gasteiger partial charge in [-0.2, -0.15) is 0 Å². The van der Waals surface area contributed by atoms with Crippen LogP contribution >= 0.6 is 0 Å². The molecule has 0 spiro atoms. The van der Waals surface area contributed by atoms with E-state index in [0.717, 1.165) is 5.56 Å². The SMILES string of the molecule is COC(=O)CCc1ccccc1C(=O)N[C@@](N)(CC(=O)OC(=O)OCc1ccccc1)C(C)(C)C. The zero-order chi connectivity index (χ0) is 26.1. The van der Waals surface area contributed by atoms with Crippen molar-refractivity contribution >= 4 is 24.0 Å². The summed E-state index contributed by atoms with van der Waals surface area (Å²) in [6, 6.07) is 15.7. The van der Waals surface area contributed by atoms with Crippen molar-refractivity contribution in [1.29, 1.82) is 0 Å². The molecule has 188 valence electrons. The summed E-state index contributed by atoms with van der Waals surface area (Å²) >= 11 is 0. The number of nitrogens with one attached hydrogen (secondary N) is 1. The molecule has 9 nitrogen and oxygen atoms in total. The number of carbonyl (C=O) groups excluding carboxylic acids is 4. The number of ether oxygens (including phenoxy) is 3. The highest BCUT2D eigenvalue weighted by Crippen LogP contribution is 2.30. The number of benzene rings is 2. The van der Waals surface area contributed by atoms with E-state index in [9.17, 15) is 19.2 Å². The Morgan fingerprint density at radius 3 is 2.17 bits per heavy atom. The first kappa shape index (κ1) is 27.5. The molecule has 9 heteroatoms. The van der Waals surface area contributed by atoms with Gasteiger partial charge in [-0.15, -0.1) is 0 Å². The molecule has 0 unspecified atom stereocenters. The summed E-state index contributed by atoms with van der Waals surface area (Å²) in [5.74, 6) is -1.87. The molecule has 35 heavy (non-hydrogen) atoms. The Morgan fingerprint density at radius 2 is 1.54 bits per heavy atom. The second-order valence-electron chi connectivity index (χ2n) is 9.08. The van der Waals surface area contributed by atoms with E-state index in [4.69, 9.17) is 15.2 Å². The monoisotopic (exact) mass is 484 g/mol. The van der Waals surface area contributed by atoms with Gasteiger partial charge < -0.3 is 25.3 Å². The van der Waals surface area contributed by atoms with Gasteiger partial charge in [0, 0.05) is 12.0 Å². The van der Waals surface area contributed by atoms with Crippen LogP contribution in [-0.2, 0) is 36.8 Å². The molecule has 0 aliphatic rings. The van der Waals surface area contributed by atoms with Crippen LogP contribution in [0.3, 0.4) is 0 Å². The second kappa shape index (κ2) is 12.1. The average molecular weight is 485 g/mol. The molecule has 1 atom stereocenters. The quantitative estimate of drug-likeness (QED) is 0.314. The molecular formula is C26H32N2O7. The number of methoxy groups -OCH3 is 1. The van der Waals surface area contributed by atoms with Crippen molar-refractivity contribution in [2.75, 3.05) is 7.11 Å². The van der Waals surface area contributed by atoms with Crippen LogP contribution in [0.1, 0.15) is 55.1 Å². The number of amides is 1. The number of hydrogen-bond donors (Lipinski definition) is 2. The third kappa shape index (κ3) is 8.22. The number of aryl methyl sites for hydroxylation is 1. The zero-order valence-electron chi connectivity index (χ0n) is 20.5. The molecule has 0 heterocycles. The van der Waals surface area contributed by atoms with Gasteiger partial charge in [0.15, 0.2) is 0 Å². The molecule has 0 fully saturated rings. The summed E-state index contributed by atoms with van der Waals surface area (Å²) in [4.78, 5) is 49.2. The highest BCUT2D eigenvalue weighted by atomic mass is 16.7.